The van der Waals surface area contributed by atoms with Gasteiger partial charge < -0.3 is 10.1 Å². The number of carbonyl (C=O) groups is 1. The highest BCUT2D eigenvalue weighted by molar-refractivity contribution is 6.76. The summed E-state index contributed by atoms with van der Waals surface area (Å²) in [6, 6.07) is 0. The first-order valence-corrected chi connectivity index (χ1v) is 7.15. The Balaban J connectivity index is 2.76. The van der Waals surface area contributed by atoms with E-state index in [4.69, 9.17) is 74.3 Å². The van der Waals surface area contributed by atoms with Crippen molar-refractivity contribution in [1.82, 2.24) is 10.2 Å². The Kier molecular flexibility index (Phi) is 6.42. The fourth-order valence-corrected chi connectivity index (χ4v) is 2.16. The second-order valence-electron chi connectivity index (χ2n) is 3.56. The van der Waals surface area contributed by atoms with E-state index in [-0.39, 0.29) is 0 Å². The van der Waals surface area contributed by atoms with Crippen molar-refractivity contribution in [3.8, 4) is 0 Å². The highest BCUT2D eigenvalue weighted by Gasteiger charge is 2.42. The van der Waals surface area contributed by atoms with Crippen molar-refractivity contribution in [2.45, 2.75) is 13.8 Å². The van der Waals surface area contributed by atoms with Gasteiger partial charge in [0.15, 0.2) is 0 Å². The third kappa shape index (κ3) is 5.25. The molecule has 0 aromatic rings. The zero-order chi connectivity index (χ0) is 14.0. The van der Waals surface area contributed by atoms with E-state index < -0.39 is 19.7 Å². The molecule has 10 heteroatoms. The number of hydrogen-bond acceptors (Lipinski definition) is 3. The minimum absolute atomic E-state index is 0.473. The highest BCUT2D eigenvalue weighted by Crippen LogP contribution is 2.34. The number of morpholine rings is 1. The van der Waals surface area contributed by atoms with Crippen LogP contribution in [0.2, 0.25) is 0 Å². The Morgan fingerprint density at radius 2 is 1.61 bits per heavy atom. The number of nitrogens with zero attached hydrogens (tertiary/aromatic N) is 1. The second kappa shape index (κ2) is 6.72. The van der Waals surface area contributed by atoms with Crippen molar-refractivity contribution >= 4 is 75.5 Å². The Morgan fingerprint density at radius 1 is 1.11 bits per heavy atom. The van der Waals surface area contributed by atoms with E-state index in [0.29, 0.717) is 26.3 Å². The van der Waals surface area contributed by atoms with Crippen LogP contribution in [0.5, 0.6) is 0 Å². The maximum Gasteiger partial charge on any atom is 0.273 e. The van der Waals surface area contributed by atoms with Gasteiger partial charge in [0.1, 0.15) is 6.17 Å². The zero-order valence-corrected chi connectivity index (χ0v) is 13.5. The first-order chi connectivity index (χ1) is 8.12. The van der Waals surface area contributed by atoms with Crippen molar-refractivity contribution in [3.63, 3.8) is 0 Å². The molecule has 1 aliphatic heterocycles. The summed E-state index contributed by atoms with van der Waals surface area (Å²) in [5.41, 5.74) is 0. The summed E-state index contributed by atoms with van der Waals surface area (Å²) in [5.74, 6) is -0.852. The summed E-state index contributed by atoms with van der Waals surface area (Å²) in [6.45, 7) is 1.94. The molecule has 106 valence electrons. The van der Waals surface area contributed by atoms with Crippen molar-refractivity contribution in [2.24, 2.45) is 0 Å². The highest BCUT2D eigenvalue weighted by atomic mass is 35.6. The van der Waals surface area contributed by atoms with Gasteiger partial charge in [-0.25, -0.2) is 0 Å². The van der Waals surface area contributed by atoms with Gasteiger partial charge in [0.2, 0.25) is 3.79 Å². The van der Waals surface area contributed by atoms with E-state index in [1.165, 1.54) is 0 Å². The monoisotopic (exact) mass is 376 g/mol. The molecule has 0 aromatic heterocycles. The van der Waals surface area contributed by atoms with Gasteiger partial charge in [0.05, 0.1) is 13.2 Å². The van der Waals surface area contributed by atoms with Gasteiger partial charge in [-0.3, -0.25) is 9.69 Å². The van der Waals surface area contributed by atoms with E-state index in [9.17, 15) is 4.79 Å². The van der Waals surface area contributed by atoms with Crippen LogP contribution >= 0.6 is 69.6 Å². The molecule has 1 saturated heterocycles. The van der Waals surface area contributed by atoms with Crippen molar-refractivity contribution < 1.29 is 9.53 Å². The third-order valence-electron chi connectivity index (χ3n) is 2.25. The number of amides is 1. The molecule has 1 rings (SSSR count). The molecule has 0 spiro atoms. The predicted molar refractivity (Wildman–Crippen MR) is 74.9 cm³/mol. The molecule has 0 aliphatic carbocycles. The summed E-state index contributed by atoms with van der Waals surface area (Å²) < 4.78 is 1.32. The molecule has 0 radical (unpaired) electrons. The van der Waals surface area contributed by atoms with Crippen LogP contribution in [-0.2, 0) is 9.53 Å². The number of ether oxygens (including phenoxy) is 1. The smallest absolute Gasteiger partial charge is 0.273 e. The summed E-state index contributed by atoms with van der Waals surface area (Å²) in [7, 11) is 0. The quantitative estimate of drug-likeness (QED) is 0.751. The average Bonchev–Trinajstić information content (AvgIpc) is 2.23. The van der Waals surface area contributed by atoms with Gasteiger partial charge in [-0.1, -0.05) is 69.6 Å². The summed E-state index contributed by atoms with van der Waals surface area (Å²) in [5, 5.41) is 2.41. The Bertz CT molecular complexity index is 297. The topological polar surface area (TPSA) is 41.6 Å². The molecular formula is C8H10Cl6N2O2. The Labute approximate surface area is 135 Å². The summed E-state index contributed by atoms with van der Waals surface area (Å²) in [4.78, 5) is 13.4. The van der Waals surface area contributed by atoms with E-state index >= 15 is 0 Å². The first-order valence-electron chi connectivity index (χ1n) is 4.88. The van der Waals surface area contributed by atoms with Crippen molar-refractivity contribution in [1.29, 1.82) is 0 Å². The molecule has 1 N–H and O–H groups in total. The van der Waals surface area contributed by atoms with Crippen LogP contribution in [0, 0.1) is 0 Å². The molecule has 0 bridgehead atoms. The van der Waals surface area contributed by atoms with E-state index in [0.717, 1.165) is 0 Å². The minimum Gasteiger partial charge on any atom is -0.379 e. The molecular weight excluding hydrogens is 369 g/mol. The van der Waals surface area contributed by atoms with Gasteiger partial charge in [-0.05, 0) is 0 Å². The lowest BCUT2D eigenvalue weighted by Crippen LogP contribution is -2.59. The maximum absolute atomic E-state index is 11.6. The molecule has 0 saturated carbocycles. The van der Waals surface area contributed by atoms with Crippen LogP contribution in [-0.4, -0.2) is 50.9 Å². The average molecular weight is 379 g/mol. The molecule has 1 heterocycles. The number of halogens is 6. The fraction of sp³-hybridized carbons (Fsp3) is 0.875. The SMILES string of the molecule is O=C(N[C@@H](N1CCOCC1)C(Cl)(Cl)Cl)C(Cl)(Cl)Cl. The van der Waals surface area contributed by atoms with Crippen LogP contribution < -0.4 is 5.32 Å². The number of rotatable bonds is 2. The van der Waals surface area contributed by atoms with E-state index in [2.05, 4.69) is 5.32 Å². The summed E-state index contributed by atoms with van der Waals surface area (Å²) in [6.07, 6.45) is -0.894. The van der Waals surface area contributed by atoms with Crippen molar-refractivity contribution in [2.75, 3.05) is 26.3 Å². The molecule has 1 aliphatic rings. The number of carbonyl (C=O) groups excluding carboxylic acids is 1. The maximum atomic E-state index is 11.6. The second-order valence-corrected chi connectivity index (χ2v) is 8.21. The molecule has 0 aromatic carbocycles. The molecule has 1 atom stereocenters. The minimum atomic E-state index is -2.11. The van der Waals surface area contributed by atoms with Crippen LogP contribution in [0.3, 0.4) is 0 Å². The van der Waals surface area contributed by atoms with Crippen LogP contribution in [0.1, 0.15) is 0 Å². The first kappa shape index (κ1) is 17.2. The van der Waals surface area contributed by atoms with Gasteiger partial charge in [-0.15, -0.1) is 0 Å². The van der Waals surface area contributed by atoms with Gasteiger partial charge >= 0.3 is 0 Å². The van der Waals surface area contributed by atoms with Gasteiger partial charge in [-0.2, -0.15) is 0 Å². The molecule has 0 unspecified atom stereocenters. The molecule has 4 nitrogen and oxygen atoms in total. The van der Waals surface area contributed by atoms with Gasteiger partial charge in [0.25, 0.3) is 9.70 Å². The predicted octanol–water partition coefficient (Wildman–Crippen LogP) is 2.50. The molecule has 1 amide bonds. The normalized spacial score (nSPS) is 20.6. The van der Waals surface area contributed by atoms with Crippen molar-refractivity contribution in [3.05, 3.63) is 0 Å². The van der Waals surface area contributed by atoms with Gasteiger partial charge in [0, 0.05) is 13.1 Å². The lowest BCUT2D eigenvalue weighted by molar-refractivity contribution is -0.122. The van der Waals surface area contributed by atoms with E-state index in [1.807, 2.05) is 0 Å². The van der Waals surface area contributed by atoms with E-state index in [1.54, 1.807) is 4.90 Å². The summed E-state index contributed by atoms with van der Waals surface area (Å²) >= 11 is 33.9. The standard InChI is InChI=1S/C8H10Cl6N2O2/c9-7(10,11)5(15-6(17)8(12,13)14)16-1-3-18-4-2-16/h5H,1-4H2,(H,15,17)/t5-/m0/s1. The number of hydrogen-bond donors (Lipinski definition) is 1. The van der Waals surface area contributed by atoms with Crippen LogP contribution in [0.25, 0.3) is 0 Å². The molecule has 1 fully saturated rings. The van der Waals surface area contributed by atoms with Crippen LogP contribution in [0.4, 0.5) is 0 Å². The van der Waals surface area contributed by atoms with Crippen LogP contribution in [0.15, 0.2) is 0 Å². The lowest BCUT2D eigenvalue weighted by Gasteiger charge is -2.38. The Morgan fingerprint density at radius 3 is 2.00 bits per heavy atom. The number of alkyl halides is 6. The number of nitrogens with one attached hydrogen (secondary N) is 1. The Hall–Kier alpha value is 1.13. The largest absolute Gasteiger partial charge is 0.379 e. The zero-order valence-electron chi connectivity index (χ0n) is 8.94. The lowest BCUT2D eigenvalue weighted by atomic mass is 10.3. The third-order valence-corrected chi connectivity index (χ3v) is 3.38. The molecule has 18 heavy (non-hydrogen) atoms. The fourth-order valence-electron chi connectivity index (χ4n) is 1.42.